The molecule has 1 aromatic heterocycles. The summed E-state index contributed by atoms with van der Waals surface area (Å²) in [5, 5.41) is 8.42. The fourth-order valence-electron chi connectivity index (χ4n) is 0.996. The smallest absolute Gasteiger partial charge is 0.271 e. The number of aromatic amines is 1. The lowest BCUT2D eigenvalue weighted by molar-refractivity contribution is 0.0934. The highest BCUT2D eigenvalue weighted by Crippen LogP contribution is 1.93. The zero-order valence-corrected chi connectivity index (χ0v) is 8.28. The molecule has 15 heavy (non-hydrogen) atoms. The van der Waals surface area contributed by atoms with E-state index in [4.69, 9.17) is 6.42 Å². The molecule has 0 bridgehead atoms. The van der Waals surface area contributed by atoms with Crippen LogP contribution in [0, 0.1) is 12.3 Å². The number of carbonyl (C=O) groups excluding carboxylic acids is 1. The number of nitrogens with zero attached hydrogens (tertiary/aromatic N) is 1. The van der Waals surface area contributed by atoms with Gasteiger partial charge in [0.25, 0.3) is 11.5 Å². The van der Waals surface area contributed by atoms with Crippen LogP contribution in [-0.2, 0) is 0 Å². The van der Waals surface area contributed by atoms with Crippen molar-refractivity contribution in [3.8, 4) is 12.3 Å². The third-order valence-electron chi connectivity index (χ3n) is 1.71. The van der Waals surface area contributed by atoms with Crippen LogP contribution in [0.25, 0.3) is 0 Å². The number of amides is 1. The van der Waals surface area contributed by atoms with E-state index in [-0.39, 0.29) is 23.2 Å². The minimum atomic E-state index is -0.353. The van der Waals surface area contributed by atoms with Gasteiger partial charge in [0.1, 0.15) is 5.69 Å². The summed E-state index contributed by atoms with van der Waals surface area (Å²) in [6.45, 7) is 1.80. The van der Waals surface area contributed by atoms with Crippen LogP contribution < -0.4 is 10.9 Å². The molecule has 0 aliphatic rings. The number of hydrogen-bond acceptors (Lipinski definition) is 3. The molecule has 2 N–H and O–H groups in total. The fraction of sp³-hybridized carbons (Fsp3) is 0.300. The molecule has 1 unspecified atom stereocenters. The van der Waals surface area contributed by atoms with Gasteiger partial charge < -0.3 is 5.32 Å². The molecule has 78 valence electrons. The fourth-order valence-corrected chi connectivity index (χ4v) is 0.996. The van der Waals surface area contributed by atoms with Gasteiger partial charge in [-0.15, -0.1) is 12.3 Å². The highest BCUT2D eigenvalue weighted by molar-refractivity contribution is 5.92. The van der Waals surface area contributed by atoms with Crippen LogP contribution in [0.5, 0.6) is 0 Å². The van der Waals surface area contributed by atoms with Crippen molar-refractivity contribution in [3.05, 3.63) is 28.2 Å². The zero-order valence-electron chi connectivity index (χ0n) is 8.28. The molecular weight excluding hydrogens is 194 g/mol. The first-order valence-electron chi connectivity index (χ1n) is 4.43. The molecule has 0 aromatic carbocycles. The molecule has 1 rings (SSSR count). The molecule has 5 heteroatoms. The summed E-state index contributed by atoms with van der Waals surface area (Å²) in [4.78, 5) is 22.2. The van der Waals surface area contributed by atoms with Crippen molar-refractivity contribution in [2.75, 3.05) is 0 Å². The molecular formula is C10H11N3O2. The molecule has 0 radical (unpaired) electrons. The van der Waals surface area contributed by atoms with Gasteiger partial charge in [-0.3, -0.25) is 9.59 Å². The Balaban J connectivity index is 2.66. The van der Waals surface area contributed by atoms with Crippen LogP contribution in [0.3, 0.4) is 0 Å². The summed E-state index contributed by atoms with van der Waals surface area (Å²) < 4.78 is 0. The van der Waals surface area contributed by atoms with Crippen molar-refractivity contribution in [1.82, 2.24) is 15.5 Å². The Hall–Kier alpha value is -2.09. The summed E-state index contributed by atoms with van der Waals surface area (Å²) >= 11 is 0. The summed E-state index contributed by atoms with van der Waals surface area (Å²) in [7, 11) is 0. The summed E-state index contributed by atoms with van der Waals surface area (Å²) in [5.41, 5.74) is -0.179. The molecule has 0 saturated heterocycles. The van der Waals surface area contributed by atoms with Crippen molar-refractivity contribution in [2.24, 2.45) is 0 Å². The molecule has 0 aliphatic heterocycles. The van der Waals surface area contributed by atoms with E-state index in [0.717, 1.165) is 0 Å². The van der Waals surface area contributed by atoms with Crippen LogP contribution in [0.2, 0.25) is 0 Å². The van der Waals surface area contributed by atoms with Gasteiger partial charge in [-0.25, -0.2) is 5.10 Å². The maximum Gasteiger partial charge on any atom is 0.271 e. The van der Waals surface area contributed by atoms with Crippen LogP contribution in [0.4, 0.5) is 0 Å². The molecule has 1 heterocycles. The standard InChI is InChI=1S/C10H11N3O2/c1-3-4-7(2)11-10(15)8-5-6-9(14)13-12-8/h1,5-7H,4H2,2H3,(H,11,15)(H,13,14). The predicted octanol–water partition coefficient (Wildman–Crippen LogP) is -0.0885. The third kappa shape index (κ3) is 3.27. The quantitative estimate of drug-likeness (QED) is 0.677. The number of carbonyl (C=O) groups is 1. The van der Waals surface area contributed by atoms with Gasteiger partial charge in [0.05, 0.1) is 0 Å². The number of H-pyrrole nitrogens is 1. The zero-order chi connectivity index (χ0) is 11.3. The highest BCUT2D eigenvalue weighted by atomic mass is 16.2. The second kappa shape index (κ2) is 4.96. The minimum Gasteiger partial charge on any atom is -0.347 e. The van der Waals surface area contributed by atoms with Gasteiger partial charge in [0.2, 0.25) is 0 Å². The first kappa shape index (κ1) is 11.0. The molecule has 1 atom stereocenters. The Bertz CT molecular complexity index is 424. The number of terminal acetylenes is 1. The van der Waals surface area contributed by atoms with Crippen molar-refractivity contribution >= 4 is 5.91 Å². The van der Waals surface area contributed by atoms with Crippen molar-refractivity contribution < 1.29 is 4.79 Å². The number of rotatable bonds is 3. The van der Waals surface area contributed by atoms with E-state index in [1.165, 1.54) is 12.1 Å². The van der Waals surface area contributed by atoms with E-state index in [2.05, 4.69) is 21.4 Å². The molecule has 0 spiro atoms. The predicted molar refractivity (Wildman–Crippen MR) is 55.2 cm³/mol. The highest BCUT2D eigenvalue weighted by Gasteiger charge is 2.09. The third-order valence-corrected chi connectivity index (χ3v) is 1.71. The van der Waals surface area contributed by atoms with Crippen molar-refractivity contribution in [2.45, 2.75) is 19.4 Å². The maximum absolute atomic E-state index is 11.5. The first-order chi connectivity index (χ1) is 7.13. The van der Waals surface area contributed by atoms with Crippen LogP contribution >= 0.6 is 0 Å². The van der Waals surface area contributed by atoms with Gasteiger partial charge in [0, 0.05) is 18.5 Å². The monoisotopic (exact) mass is 205 g/mol. The van der Waals surface area contributed by atoms with Gasteiger partial charge >= 0.3 is 0 Å². The Morgan fingerprint density at radius 3 is 3.00 bits per heavy atom. The van der Waals surface area contributed by atoms with Crippen molar-refractivity contribution in [3.63, 3.8) is 0 Å². The van der Waals surface area contributed by atoms with Crippen LogP contribution in [0.1, 0.15) is 23.8 Å². The van der Waals surface area contributed by atoms with Gasteiger partial charge in [-0.1, -0.05) is 0 Å². The molecule has 0 fully saturated rings. The van der Waals surface area contributed by atoms with E-state index >= 15 is 0 Å². The Labute approximate surface area is 86.9 Å². The van der Waals surface area contributed by atoms with Crippen LogP contribution in [-0.4, -0.2) is 22.1 Å². The first-order valence-corrected chi connectivity index (χ1v) is 4.43. The van der Waals surface area contributed by atoms with Gasteiger partial charge in [0.15, 0.2) is 0 Å². The summed E-state index contributed by atoms with van der Waals surface area (Å²) in [6.07, 6.45) is 5.55. The lowest BCUT2D eigenvalue weighted by atomic mass is 10.2. The molecule has 1 aromatic rings. The second-order valence-electron chi connectivity index (χ2n) is 3.09. The number of nitrogens with one attached hydrogen (secondary N) is 2. The molecule has 5 nitrogen and oxygen atoms in total. The molecule has 0 aliphatic carbocycles. The van der Waals surface area contributed by atoms with E-state index < -0.39 is 0 Å². The Kier molecular flexibility index (Phi) is 3.63. The normalized spacial score (nSPS) is 11.5. The molecule has 0 saturated carbocycles. The van der Waals surface area contributed by atoms with Crippen LogP contribution in [0.15, 0.2) is 16.9 Å². The van der Waals surface area contributed by atoms with E-state index in [1.54, 1.807) is 6.92 Å². The minimum absolute atomic E-state index is 0.115. The Morgan fingerprint density at radius 2 is 2.47 bits per heavy atom. The Morgan fingerprint density at radius 1 is 1.73 bits per heavy atom. The second-order valence-corrected chi connectivity index (χ2v) is 3.09. The number of hydrogen-bond donors (Lipinski definition) is 2. The molecule has 1 amide bonds. The average Bonchev–Trinajstić information content (AvgIpc) is 2.18. The van der Waals surface area contributed by atoms with E-state index in [0.29, 0.717) is 6.42 Å². The van der Waals surface area contributed by atoms with E-state index in [1.807, 2.05) is 0 Å². The lowest BCUT2D eigenvalue weighted by Crippen LogP contribution is -2.33. The maximum atomic E-state index is 11.5. The number of aromatic nitrogens is 2. The summed E-state index contributed by atoms with van der Waals surface area (Å²) in [5.74, 6) is 2.09. The average molecular weight is 205 g/mol. The van der Waals surface area contributed by atoms with E-state index in [9.17, 15) is 9.59 Å². The largest absolute Gasteiger partial charge is 0.347 e. The summed E-state index contributed by atoms with van der Waals surface area (Å²) in [6, 6.07) is 2.49. The van der Waals surface area contributed by atoms with Crippen molar-refractivity contribution in [1.29, 1.82) is 0 Å². The van der Waals surface area contributed by atoms with Gasteiger partial charge in [-0.2, -0.15) is 5.10 Å². The van der Waals surface area contributed by atoms with Gasteiger partial charge in [-0.05, 0) is 13.0 Å². The topological polar surface area (TPSA) is 74.8 Å². The SMILES string of the molecule is C#CCC(C)NC(=O)c1ccc(=O)[nH]n1. The lowest BCUT2D eigenvalue weighted by Gasteiger charge is -2.09.